The molecule has 0 bridgehead atoms. The molecule has 0 atom stereocenters. The van der Waals surface area contributed by atoms with Crippen molar-refractivity contribution in [2.24, 2.45) is 5.92 Å². The molecule has 1 aliphatic heterocycles. The summed E-state index contributed by atoms with van der Waals surface area (Å²) in [5.41, 5.74) is -0.433. The molecule has 2 rings (SSSR count). The van der Waals surface area contributed by atoms with Gasteiger partial charge in [-0.3, -0.25) is 4.79 Å². The molecule has 9 nitrogen and oxygen atoms in total. The first-order valence-corrected chi connectivity index (χ1v) is 10.2. The molecule has 0 radical (unpaired) electrons. The first kappa shape index (κ1) is 21.7. The van der Waals surface area contributed by atoms with Crippen LogP contribution in [0, 0.1) is 17.2 Å². The topological polar surface area (TPSA) is 126 Å². The standard InChI is InChI=1S/C18H23N3O6S/c1-18(2,3)26-17(23)21-9-7-14(8-10-21)16(22)27-20-28(24,25)15-6-4-5-13(11-15)12-19/h4-6,11,14,20H,7-10H2,1-3H3. The number of nitriles is 1. The molecule has 28 heavy (non-hydrogen) atoms. The van der Waals surface area contributed by atoms with E-state index in [2.05, 4.69) is 0 Å². The summed E-state index contributed by atoms with van der Waals surface area (Å²) in [6.45, 7) is 5.94. The maximum absolute atomic E-state index is 12.2. The Labute approximate surface area is 164 Å². The molecule has 1 heterocycles. The fourth-order valence-electron chi connectivity index (χ4n) is 2.58. The van der Waals surface area contributed by atoms with E-state index in [0.717, 1.165) is 0 Å². The van der Waals surface area contributed by atoms with Crippen molar-refractivity contribution in [2.75, 3.05) is 13.1 Å². The number of piperidine rings is 1. The van der Waals surface area contributed by atoms with Crippen LogP contribution < -0.4 is 4.89 Å². The third-order valence-electron chi connectivity index (χ3n) is 4.01. The lowest BCUT2D eigenvalue weighted by molar-refractivity contribution is -0.153. The van der Waals surface area contributed by atoms with Crippen molar-refractivity contribution in [1.29, 1.82) is 5.26 Å². The molecule has 1 aromatic carbocycles. The number of benzene rings is 1. The highest BCUT2D eigenvalue weighted by Crippen LogP contribution is 2.21. The van der Waals surface area contributed by atoms with Gasteiger partial charge in [-0.25, -0.2) is 13.2 Å². The highest BCUT2D eigenvalue weighted by molar-refractivity contribution is 7.89. The summed E-state index contributed by atoms with van der Waals surface area (Å²) in [6.07, 6.45) is 0.227. The third kappa shape index (κ3) is 5.94. The van der Waals surface area contributed by atoms with E-state index in [0.29, 0.717) is 25.9 Å². The highest BCUT2D eigenvalue weighted by Gasteiger charge is 2.31. The fraction of sp³-hybridized carbons (Fsp3) is 0.500. The van der Waals surface area contributed by atoms with Gasteiger partial charge in [0.15, 0.2) is 0 Å². The van der Waals surface area contributed by atoms with E-state index >= 15 is 0 Å². The summed E-state index contributed by atoms with van der Waals surface area (Å²) < 4.78 is 29.7. The van der Waals surface area contributed by atoms with Crippen molar-refractivity contribution in [1.82, 2.24) is 9.79 Å². The van der Waals surface area contributed by atoms with E-state index in [4.69, 9.17) is 14.8 Å². The number of hydrogen-bond acceptors (Lipinski definition) is 7. The second kappa shape index (κ2) is 8.58. The van der Waals surface area contributed by atoms with Crippen LogP contribution in [0.2, 0.25) is 0 Å². The summed E-state index contributed by atoms with van der Waals surface area (Å²) in [6, 6.07) is 7.18. The quantitative estimate of drug-likeness (QED) is 0.753. The second-order valence-electron chi connectivity index (χ2n) is 7.39. The Morgan fingerprint density at radius 2 is 1.89 bits per heavy atom. The number of likely N-dealkylation sites (tertiary alicyclic amines) is 1. The van der Waals surface area contributed by atoms with Gasteiger partial charge in [-0.05, 0) is 56.7 Å². The van der Waals surface area contributed by atoms with E-state index in [1.807, 2.05) is 6.07 Å². The number of rotatable bonds is 4. The lowest BCUT2D eigenvalue weighted by Crippen LogP contribution is -2.43. The van der Waals surface area contributed by atoms with Crippen LogP contribution in [0.4, 0.5) is 4.79 Å². The summed E-state index contributed by atoms with van der Waals surface area (Å²) in [5.74, 6) is -1.25. The first-order valence-electron chi connectivity index (χ1n) is 8.72. The van der Waals surface area contributed by atoms with Gasteiger partial charge in [0.1, 0.15) is 5.60 Å². The molecule has 0 unspecified atom stereocenters. The maximum Gasteiger partial charge on any atom is 0.410 e. The Kier molecular flexibility index (Phi) is 6.64. The van der Waals surface area contributed by atoms with Gasteiger partial charge in [0.2, 0.25) is 0 Å². The second-order valence-corrected chi connectivity index (χ2v) is 9.03. The fourth-order valence-corrected chi connectivity index (χ4v) is 3.41. The summed E-state index contributed by atoms with van der Waals surface area (Å²) in [5, 5.41) is 8.85. The molecule has 152 valence electrons. The van der Waals surface area contributed by atoms with Gasteiger partial charge in [-0.1, -0.05) is 6.07 Å². The van der Waals surface area contributed by atoms with Gasteiger partial charge in [0, 0.05) is 13.1 Å². The SMILES string of the molecule is CC(C)(C)OC(=O)N1CCC(C(=O)ONS(=O)(=O)c2cccc(C#N)c2)CC1. The normalized spacial score (nSPS) is 15.6. The smallest absolute Gasteiger partial charge is 0.410 e. The molecule has 10 heteroatoms. The molecule has 0 aromatic heterocycles. The first-order chi connectivity index (χ1) is 13.0. The summed E-state index contributed by atoms with van der Waals surface area (Å²) in [7, 11) is -4.10. The zero-order chi connectivity index (χ0) is 20.9. The number of nitrogens with one attached hydrogen (secondary N) is 1. The molecule has 1 N–H and O–H groups in total. The Morgan fingerprint density at radius 3 is 2.46 bits per heavy atom. The van der Waals surface area contributed by atoms with Crippen LogP contribution in [0.3, 0.4) is 0 Å². The van der Waals surface area contributed by atoms with Gasteiger partial charge >= 0.3 is 12.1 Å². The largest absolute Gasteiger partial charge is 0.444 e. The van der Waals surface area contributed by atoms with Crippen molar-refractivity contribution in [3.63, 3.8) is 0 Å². The van der Waals surface area contributed by atoms with Crippen LogP contribution in [0.15, 0.2) is 29.2 Å². The van der Waals surface area contributed by atoms with Crippen molar-refractivity contribution in [3.8, 4) is 6.07 Å². The number of nitrogens with zero attached hydrogens (tertiary/aromatic N) is 2. The van der Waals surface area contributed by atoms with Gasteiger partial charge in [0.05, 0.1) is 22.4 Å². The maximum atomic E-state index is 12.2. The molecule has 1 saturated heterocycles. The van der Waals surface area contributed by atoms with Crippen LogP contribution in [0.1, 0.15) is 39.2 Å². The van der Waals surface area contributed by atoms with Gasteiger partial charge in [-0.15, -0.1) is 0 Å². The molecule has 1 amide bonds. The van der Waals surface area contributed by atoms with Crippen LogP contribution in [0.25, 0.3) is 0 Å². The van der Waals surface area contributed by atoms with Crippen LogP contribution in [-0.2, 0) is 24.4 Å². The molecule has 0 saturated carbocycles. The number of carbonyl (C=O) groups excluding carboxylic acids is 2. The van der Waals surface area contributed by atoms with Crippen LogP contribution in [0.5, 0.6) is 0 Å². The lowest BCUT2D eigenvalue weighted by Gasteiger charge is -2.32. The average Bonchev–Trinajstić information content (AvgIpc) is 2.65. The predicted molar refractivity (Wildman–Crippen MR) is 98.1 cm³/mol. The van der Waals surface area contributed by atoms with Crippen LogP contribution in [-0.4, -0.2) is 44.1 Å². The van der Waals surface area contributed by atoms with Gasteiger partial charge in [0.25, 0.3) is 10.0 Å². The Morgan fingerprint density at radius 1 is 1.25 bits per heavy atom. The molecule has 1 aromatic rings. The predicted octanol–water partition coefficient (Wildman–Crippen LogP) is 1.94. The number of hydrogen-bond donors (Lipinski definition) is 1. The molecule has 1 aliphatic rings. The zero-order valence-electron chi connectivity index (χ0n) is 16.0. The van der Waals surface area contributed by atoms with E-state index < -0.39 is 33.6 Å². The average molecular weight is 409 g/mol. The lowest BCUT2D eigenvalue weighted by atomic mass is 9.97. The summed E-state index contributed by atoms with van der Waals surface area (Å²) >= 11 is 0. The minimum atomic E-state index is -4.10. The molecular weight excluding hydrogens is 386 g/mol. The van der Waals surface area contributed by atoms with Crippen molar-refractivity contribution in [3.05, 3.63) is 29.8 Å². The molecule has 0 spiro atoms. The van der Waals surface area contributed by atoms with Crippen molar-refractivity contribution < 1.29 is 27.6 Å². The van der Waals surface area contributed by atoms with E-state index in [1.54, 1.807) is 25.7 Å². The van der Waals surface area contributed by atoms with Crippen molar-refractivity contribution >= 4 is 22.1 Å². The van der Waals surface area contributed by atoms with E-state index in [9.17, 15) is 18.0 Å². The van der Waals surface area contributed by atoms with E-state index in [1.165, 1.54) is 29.2 Å². The Bertz CT molecular complexity index is 877. The molecule has 1 fully saturated rings. The Balaban J connectivity index is 1.87. The number of carbonyl (C=O) groups is 2. The van der Waals surface area contributed by atoms with Gasteiger partial charge in [-0.2, -0.15) is 5.26 Å². The van der Waals surface area contributed by atoms with Gasteiger partial charge < -0.3 is 14.5 Å². The molecule has 0 aliphatic carbocycles. The van der Waals surface area contributed by atoms with Crippen LogP contribution >= 0.6 is 0 Å². The Hall–Kier alpha value is -2.64. The zero-order valence-corrected chi connectivity index (χ0v) is 16.8. The molecular formula is C18H23N3O6S. The highest BCUT2D eigenvalue weighted by atomic mass is 32.2. The van der Waals surface area contributed by atoms with Crippen molar-refractivity contribution in [2.45, 2.75) is 44.1 Å². The van der Waals surface area contributed by atoms with E-state index in [-0.39, 0.29) is 10.5 Å². The summed E-state index contributed by atoms with van der Waals surface area (Å²) in [4.78, 5) is 32.1. The minimum Gasteiger partial charge on any atom is -0.444 e. The number of ether oxygens (including phenoxy) is 1. The minimum absolute atomic E-state index is 0.170. The monoisotopic (exact) mass is 409 g/mol. The number of amides is 1. The number of sulfonamides is 1. The third-order valence-corrected chi connectivity index (χ3v) is 5.18.